The van der Waals surface area contributed by atoms with Gasteiger partial charge in [0.2, 0.25) is 0 Å². The standard InChI is InChI=1S/C13H20ClN3O/c14-12-8-10(15)9-13(17-12)16-6-7-18-11-4-2-1-3-5-11/h8-9,11H,1-7H2,(H3,15,16,17). The molecule has 0 atom stereocenters. The maximum absolute atomic E-state index is 5.82. The Morgan fingerprint density at radius 3 is 2.83 bits per heavy atom. The van der Waals surface area contributed by atoms with Gasteiger partial charge in [-0.1, -0.05) is 30.9 Å². The third kappa shape index (κ3) is 4.35. The molecule has 0 radical (unpaired) electrons. The first-order valence-electron chi connectivity index (χ1n) is 6.52. The zero-order valence-corrected chi connectivity index (χ0v) is 11.2. The highest BCUT2D eigenvalue weighted by Gasteiger charge is 2.12. The molecule has 1 fully saturated rings. The number of anilines is 2. The van der Waals surface area contributed by atoms with E-state index in [1.165, 1.54) is 32.1 Å². The topological polar surface area (TPSA) is 60.2 Å². The van der Waals surface area contributed by atoms with E-state index in [1.54, 1.807) is 12.1 Å². The van der Waals surface area contributed by atoms with Crippen LogP contribution in [0.3, 0.4) is 0 Å². The number of nitrogens with one attached hydrogen (secondary N) is 1. The lowest BCUT2D eigenvalue weighted by Crippen LogP contribution is -2.20. The predicted octanol–water partition coefficient (Wildman–Crippen LogP) is 3.08. The van der Waals surface area contributed by atoms with E-state index in [0.29, 0.717) is 29.4 Å². The van der Waals surface area contributed by atoms with Crippen LogP contribution in [-0.2, 0) is 4.74 Å². The maximum atomic E-state index is 5.82. The fourth-order valence-corrected chi connectivity index (χ4v) is 2.46. The summed E-state index contributed by atoms with van der Waals surface area (Å²) in [7, 11) is 0. The Morgan fingerprint density at radius 2 is 2.11 bits per heavy atom. The molecule has 1 aliphatic rings. The summed E-state index contributed by atoms with van der Waals surface area (Å²) in [5.74, 6) is 0.701. The predicted molar refractivity (Wildman–Crippen MR) is 75.0 cm³/mol. The molecule has 1 heterocycles. The first-order chi connectivity index (χ1) is 8.74. The molecule has 0 amide bonds. The average Bonchev–Trinajstić information content (AvgIpc) is 2.35. The van der Waals surface area contributed by atoms with Gasteiger partial charge in [0.15, 0.2) is 0 Å². The summed E-state index contributed by atoms with van der Waals surface area (Å²) in [6, 6.07) is 3.40. The summed E-state index contributed by atoms with van der Waals surface area (Å²) in [4.78, 5) is 4.14. The van der Waals surface area contributed by atoms with Crippen LogP contribution in [-0.4, -0.2) is 24.2 Å². The highest BCUT2D eigenvalue weighted by atomic mass is 35.5. The smallest absolute Gasteiger partial charge is 0.133 e. The summed E-state index contributed by atoms with van der Waals surface area (Å²) >= 11 is 5.82. The van der Waals surface area contributed by atoms with Gasteiger partial charge in [0.05, 0.1) is 12.7 Å². The summed E-state index contributed by atoms with van der Waals surface area (Å²) in [5.41, 5.74) is 6.30. The molecule has 0 unspecified atom stereocenters. The lowest BCUT2D eigenvalue weighted by atomic mass is 9.98. The molecule has 1 aliphatic carbocycles. The third-order valence-corrected chi connectivity index (χ3v) is 3.32. The van der Waals surface area contributed by atoms with Crippen molar-refractivity contribution in [2.45, 2.75) is 38.2 Å². The second kappa shape index (κ2) is 6.81. The van der Waals surface area contributed by atoms with Crippen LogP contribution < -0.4 is 11.1 Å². The Balaban J connectivity index is 1.68. The number of nitrogens with zero attached hydrogens (tertiary/aromatic N) is 1. The summed E-state index contributed by atoms with van der Waals surface area (Å²) in [5, 5.41) is 3.57. The summed E-state index contributed by atoms with van der Waals surface area (Å²) in [6.45, 7) is 1.42. The Hall–Kier alpha value is -1.00. The van der Waals surface area contributed by atoms with Crippen molar-refractivity contribution in [1.82, 2.24) is 4.98 Å². The molecule has 4 nitrogen and oxygen atoms in total. The van der Waals surface area contributed by atoms with Gasteiger partial charge in [-0.15, -0.1) is 0 Å². The van der Waals surface area contributed by atoms with Gasteiger partial charge in [-0.25, -0.2) is 4.98 Å². The van der Waals surface area contributed by atoms with Crippen LogP contribution in [0.4, 0.5) is 11.5 Å². The van der Waals surface area contributed by atoms with Crippen LogP contribution in [0.25, 0.3) is 0 Å². The minimum Gasteiger partial charge on any atom is -0.399 e. The van der Waals surface area contributed by atoms with Crippen molar-refractivity contribution in [3.63, 3.8) is 0 Å². The van der Waals surface area contributed by atoms with Crippen LogP contribution in [0.15, 0.2) is 12.1 Å². The largest absolute Gasteiger partial charge is 0.399 e. The molecule has 0 aromatic carbocycles. The van der Waals surface area contributed by atoms with Gasteiger partial charge in [0.25, 0.3) is 0 Å². The van der Waals surface area contributed by atoms with E-state index in [9.17, 15) is 0 Å². The zero-order valence-electron chi connectivity index (χ0n) is 10.5. The van der Waals surface area contributed by atoms with Crippen molar-refractivity contribution in [1.29, 1.82) is 0 Å². The van der Waals surface area contributed by atoms with Crippen LogP contribution in [0.1, 0.15) is 32.1 Å². The Kier molecular flexibility index (Phi) is 5.08. The number of hydrogen-bond acceptors (Lipinski definition) is 4. The number of hydrogen-bond donors (Lipinski definition) is 2. The molecule has 0 saturated heterocycles. The number of ether oxygens (including phenoxy) is 1. The second-order valence-corrected chi connectivity index (χ2v) is 5.05. The molecular formula is C13H20ClN3O. The minimum absolute atomic E-state index is 0.408. The van der Waals surface area contributed by atoms with Crippen molar-refractivity contribution >= 4 is 23.1 Å². The lowest BCUT2D eigenvalue weighted by Gasteiger charge is -2.22. The molecule has 3 N–H and O–H groups in total. The minimum atomic E-state index is 0.408. The van der Waals surface area contributed by atoms with Gasteiger partial charge in [-0.2, -0.15) is 0 Å². The van der Waals surface area contributed by atoms with E-state index < -0.39 is 0 Å². The molecule has 18 heavy (non-hydrogen) atoms. The maximum Gasteiger partial charge on any atom is 0.133 e. The van der Waals surface area contributed by atoms with Crippen molar-refractivity contribution in [2.24, 2.45) is 0 Å². The molecule has 0 bridgehead atoms. The van der Waals surface area contributed by atoms with Crippen LogP contribution in [0.5, 0.6) is 0 Å². The molecule has 1 aromatic heterocycles. The van der Waals surface area contributed by atoms with E-state index in [4.69, 9.17) is 22.1 Å². The lowest BCUT2D eigenvalue weighted by molar-refractivity contribution is 0.0347. The van der Waals surface area contributed by atoms with Crippen molar-refractivity contribution in [2.75, 3.05) is 24.2 Å². The molecule has 5 heteroatoms. The normalized spacial score (nSPS) is 16.7. The van der Waals surface area contributed by atoms with Crippen molar-refractivity contribution < 1.29 is 4.74 Å². The fraction of sp³-hybridized carbons (Fsp3) is 0.615. The van der Waals surface area contributed by atoms with E-state index in [1.807, 2.05) is 0 Å². The average molecular weight is 270 g/mol. The van der Waals surface area contributed by atoms with Gasteiger partial charge in [-0.05, 0) is 18.9 Å². The van der Waals surface area contributed by atoms with Gasteiger partial charge < -0.3 is 15.8 Å². The SMILES string of the molecule is Nc1cc(Cl)nc(NCCOC2CCCCC2)c1. The monoisotopic (exact) mass is 269 g/mol. The summed E-state index contributed by atoms with van der Waals surface area (Å²) in [6.07, 6.45) is 6.78. The molecule has 1 saturated carbocycles. The quantitative estimate of drug-likeness (QED) is 0.637. The molecule has 1 aromatic rings. The highest BCUT2D eigenvalue weighted by molar-refractivity contribution is 6.29. The number of nitrogen functional groups attached to an aromatic ring is 1. The Labute approximate surface area is 113 Å². The van der Waals surface area contributed by atoms with Crippen molar-refractivity contribution in [3.8, 4) is 0 Å². The van der Waals surface area contributed by atoms with Crippen molar-refractivity contribution in [3.05, 3.63) is 17.3 Å². The molecule has 100 valence electrons. The van der Waals surface area contributed by atoms with Crippen LogP contribution >= 0.6 is 11.6 Å². The molecule has 0 aliphatic heterocycles. The van der Waals surface area contributed by atoms with E-state index >= 15 is 0 Å². The van der Waals surface area contributed by atoms with Gasteiger partial charge >= 0.3 is 0 Å². The number of pyridine rings is 1. The second-order valence-electron chi connectivity index (χ2n) is 4.67. The first kappa shape index (κ1) is 13.4. The van der Waals surface area contributed by atoms with Gasteiger partial charge in [0.1, 0.15) is 11.0 Å². The summed E-state index contributed by atoms with van der Waals surface area (Å²) < 4.78 is 5.81. The fourth-order valence-electron chi connectivity index (χ4n) is 2.24. The molecule has 2 rings (SSSR count). The third-order valence-electron chi connectivity index (χ3n) is 3.13. The Bertz CT molecular complexity index is 360. The first-order valence-corrected chi connectivity index (χ1v) is 6.90. The van der Waals surface area contributed by atoms with Crippen LogP contribution in [0.2, 0.25) is 5.15 Å². The molecule has 0 spiro atoms. The van der Waals surface area contributed by atoms with E-state index in [-0.39, 0.29) is 0 Å². The van der Waals surface area contributed by atoms with Crippen LogP contribution in [0, 0.1) is 0 Å². The Morgan fingerprint density at radius 1 is 1.33 bits per heavy atom. The number of nitrogens with two attached hydrogens (primary N) is 1. The van der Waals surface area contributed by atoms with E-state index in [2.05, 4.69) is 10.3 Å². The highest BCUT2D eigenvalue weighted by Crippen LogP contribution is 2.20. The van der Waals surface area contributed by atoms with Gasteiger partial charge in [-0.3, -0.25) is 0 Å². The van der Waals surface area contributed by atoms with E-state index in [0.717, 1.165) is 6.54 Å². The number of halogens is 1. The molecular weight excluding hydrogens is 250 g/mol. The van der Waals surface area contributed by atoms with Gasteiger partial charge in [0, 0.05) is 18.3 Å². The number of aromatic nitrogens is 1. The zero-order chi connectivity index (χ0) is 12.8. The number of rotatable bonds is 5.